The van der Waals surface area contributed by atoms with Crippen molar-refractivity contribution in [3.63, 3.8) is 0 Å². The van der Waals surface area contributed by atoms with Gasteiger partial charge in [0.05, 0.1) is 0 Å². The molecule has 0 atom stereocenters. The molecule has 0 radical (unpaired) electrons. The first kappa shape index (κ1) is 21.7. The van der Waals surface area contributed by atoms with Crippen LogP contribution in [0, 0.1) is 13.8 Å². The van der Waals surface area contributed by atoms with Gasteiger partial charge in [0.2, 0.25) is 5.91 Å². The average Bonchev–Trinajstić information content (AvgIpc) is 2.64. The van der Waals surface area contributed by atoms with Crippen LogP contribution in [0.4, 0.5) is 0 Å². The topological polar surface area (TPSA) is 88.8 Å². The molecule has 0 bridgehead atoms. The van der Waals surface area contributed by atoms with Crippen molar-refractivity contribution in [1.29, 1.82) is 0 Å². The predicted molar refractivity (Wildman–Crippen MR) is 110 cm³/mol. The number of hydrogen-bond donors (Lipinski definition) is 2. The first-order valence-electron chi connectivity index (χ1n) is 9.54. The van der Waals surface area contributed by atoms with E-state index in [4.69, 9.17) is 14.3 Å². The van der Waals surface area contributed by atoms with Gasteiger partial charge in [-0.25, -0.2) is 4.79 Å². The molecule has 2 aromatic rings. The molecule has 0 aliphatic carbocycles. The molecule has 0 aliphatic rings. The molecular weight excluding hydrogens is 358 g/mol. The highest BCUT2D eigenvalue weighted by molar-refractivity contribution is 5.85. The maximum Gasteiger partial charge on any atom is 0.339 e. The van der Waals surface area contributed by atoms with Gasteiger partial charge in [-0.2, -0.15) is 0 Å². The Morgan fingerprint density at radius 1 is 1.25 bits per heavy atom. The molecule has 2 N–H and O–H groups in total. The predicted octanol–water partition coefficient (Wildman–Crippen LogP) is 3.19. The van der Waals surface area contributed by atoms with Gasteiger partial charge in [-0.3, -0.25) is 4.79 Å². The zero-order chi connectivity index (χ0) is 20.7. The standard InChI is InChI=1S/C22H29NO5/c1-14(2)10-13-27-19-8-6-17-15(3)18(22(26)28-21(17)16(19)4)7-9-20(25)23-11-5-12-24/h6,8,10,24H,5,7,9,11-13H2,1-4H3,(H,23,25). The Hall–Kier alpha value is -2.60. The molecule has 1 amide bonds. The Labute approximate surface area is 165 Å². The van der Waals surface area contributed by atoms with Crippen molar-refractivity contribution in [3.05, 3.63) is 50.9 Å². The molecule has 152 valence electrons. The summed E-state index contributed by atoms with van der Waals surface area (Å²) in [5, 5.41) is 12.3. The summed E-state index contributed by atoms with van der Waals surface area (Å²) in [6.45, 7) is 8.68. The highest BCUT2D eigenvalue weighted by atomic mass is 16.5. The van der Waals surface area contributed by atoms with Crippen molar-refractivity contribution in [3.8, 4) is 5.75 Å². The number of aryl methyl sites for hydroxylation is 2. The van der Waals surface area contributed by atoms with Crippen LogP contribution in [0.25, 0.3) is 11.0 Å². The van der Waals surface area contributed by atoms with Gasteiger partial charge >= 0.3 is 5.63 Å². The van der Waals surface area contributed by atoms with Crippen LogP contribution in [-0.2, 0) is 11.2 Å². The van der Waals surface area contributed by atoms with Crippen LogP contribution in [0.1, 0.15) is 43.4 Å². The Bertz CT molecular complexity index is 923. The second-order valence-corrected chi connectivity index (χ2v) is 7.08. The largest absolute Gasteiger partial charge is 0.489 e. The molecule has 1 heterocycles. The summed E-state index contributed by atoms with van der Waals surface area (Å²) >= 11 is 0. The van der Waals surface area contributed by atoms with Crippen molar-refractivity contribution in [2.45, 2.75) is 47.0 Å². The number of nitrogens with one attached hydrogen (secondary N) is 1. The van der Waals surface area contributed by atoms with Gasteiger partial charge in [-0.15, -0.1) is 0 Å². The van der Waals surface area contributed by atoms with Crippen molar-refractivity contribution in [2.75, 3.05) is 19.8 Å². The number of aliphatic hydroxyl groups excluding tert-OH is 1. The van der Waals surface area contributed by atoms with Gasteiger partial charge in [0.25, 0.3) is 0 Å². The van der Waals surface area contributed by atoms with Crippen LogP contribution in [0.3, 0.4) is 0 Å². The Morgan fingerprint density at radius 3 is 2.68 bits per heavy atom. The number of carbonyl (C=O) groups excluding carboxylic acids is 1. The van der Waals surface area contributed by atoms with Crippen LogP contribution < -0.4 is 15.7 Å². The van der Waals surface area contributed by atoms with Crippen molar-refractivity contribution in [1.82, 2.24) is 5.32 Å². The lowest BCUT2D eigenvalue weighted by Gasteiger charge is -2.13. The van der Waals surface area contributed by atoms with Gasteiger partial charge in [0.1, 0.15) is 17.9 Å². The minimum atomic E-state index is -0.419. The highest BCUT2D eigenvalue weighted by Gasteiger charge is 2.16. The van der Waals surface area contributed by atoms with E-state index in [0.29, 0.717) is 42.9 Å². The van der Waals surface area contributed by atoms with Crippen molar-refractivity contribution < 1.29 is 19.1 Å². The number of carbonyl (C=O) groups is 1. The third kappa shape index (κ3) is 5.45. The molecule has 0 saturated carbocycles. The summed E-state index contributed by atoms with van der Waals surface area (Å²) in [4.78, 5) is 24.4. The Balaban J connectivity index is 2.23. The lowest BCUT2D eigenvalue weighted by molar-refractivity contribution is -0.121. The fourth-order valence-electron chi connectivity index (χ4n) is 2.95. The number of ether oxygens (including phenoxy) is 1. The van der Waals surface area contributed by atoms with Crippen LogP contribution in [0.2, 0.25) is 0 Å². The number of hydrogen-bond acceptors (Lipinski definition) is 5. The second-order valence-electron chi connectivity index (χ2n) is 7.08. The normalized spacial score (nSPS) is 10.8. The zero-order valence-corrected chi connectivity index (χ0v) is 17.1. The maximum absolute atomic E-state index is 12.5. The molecule has 6 heteroatoms. The zero-order valence-electron chi connectivity index (χ0n) is 17.1. The van der Waals surface area contributed by atoms with Crippen LogP contribution >= 0.6 is 0 Å². The van der Waals surface area contributed by atoms with E-state index in [0.717, 1.165) is 16.5 Å². The van der Waals surface area contributed by atoms with Crippen LogP contribution in [-0.4, -0.2) is 30.8 Å². The third-order valence-corrected chi connectivity index (χ3v) is 4.64. The van der Waals surface area contributed by atoms with Gasteiger partial charge in [-0.1, -0.05) is 5.57 Å². The fraction of sp³-hybridized carbons (Fsp3) is 0.455. The number of fused-ring (bicyclic) bond motifs is 1. The molecule has 6 nitrogen and oxygen atoms in total. The first-order chi connectivity index (χ1) is 13.3. The Morgan fingerprint density at radius 2 is 2.00 bits per heavy atom. The Kier molecular flexibility index (Phi) is 7.81. The molecule has 2 rings (SSSR count). The van der Waals surface area contributed by atoms with E-state index in [-0.39, 0.29) is 18.9 Å². The quantitative estimate of drug-likeness (QED) is 0.392. The molecular formula is C22H29NO5. The number of amides is 1. The van der Waals surface area contributed by atoms with E-state index < -0.39 is 5.63 Å². The van der Waals surface area contributed by atoms with Crippen LogP contribution in [0.5, 0.6) is 5.75 Å². The van der Waals surface area contributed by atoms with E-state index >= 15 is 0 Å². The monoisotopic (exact) mass is 387 g/mol. The van der Waals surface area contributed by atoms with E-state index in [1.165, 1.54) is 5.57 Å². The molecule has 1 aromatic heterocycles. The molecule has 0 unspecified atom stereocenters. The minimum Gasteiger partial charge on any atom is -0.489 e. The molecule has 0 spiro atoms. The number of allylic oxidation sites excluding steroid dienone is 1. The SMILES string of the molecule is CC(C)=CCOc1ccc2c(C)c(CCC(=O)NCCCO)c(=O)oc2c1C. The number of aliphatic hydroxyl groups is 1. The van der Waals surface area contributed by atoms with Gasteiger partial charge in [-0.05, 0) is 64.3 Å². The number of rotatable bonds is 9. The van der Waals surface area contributed by atoms with Crippen LogP contribution in [0.15, 0.2) is 33.0 Å². The van der Waals surface area contributed by atoms with Gasteiger partial charge in [0, 0.05) is 36.1 Å². The van der Waals surface area contributed by atoms with E-state index in [9.17, 15) is 9.59 Å². The molecule has 0 saturated heterocycles. The van der Waals surface area contributed by atoms with Gasteiger partial charge in [0.15, 0.2) is 0 Å². The number of benzene rings is 1. The summed E-state index contributed by atoms with van der Waals surface area (Å²) in [7, 11) is 0. The van der Waals surface area contributed by atoms with E-state index in [2.05, 4.69) is 5.32 Å². The summed E-state index contributed by atoms with van der Waals surface area (Å²) in [5.41, 5.74) is 3.40. The smallest absolute Gasteiger partial charge is 0.339 e. The summed E-state index contributed by atoms with van der Waals surface area (Å²) in [5.74, 6) is 0.537. The molecule has 0 aliphatic heterocycles. The highest BCUT2D eigenvalue weighted by Crippen LogP contribution is 2.29. The average molecular weight is 387 g/mol. The van der Waals surface area contributed by atoms with E-state index in [1.807, 2.05) is 45.9 Å². The first-order valence-corrected chi connectivity index (χ1v) is 9.54. The summed E-state index contributed by atoms with van der Waals surface area (Å²) in [6, 6.07) is 3.78. The summed E-state index contributed by atoms with van der Waals surface area (Å²) in [6.07, 6.45) is 3.01. The van der Waals surface area contributed by atoms with Gasteiger partial charge < -0.3 is 19.6 Å². The molecule has 0 fully saturated rings. The lowest BCUT2D eigenvalue weighted by Crippen LogP contribution is -2.26. The second kappa shape index (κ2) is 10.1. The van der Waals surface area contributed by atoms with Crippen molar-refractivity contribution in [2.24, 2.45) is 0 Å². The van der Waals surface area contributed by atoms with E-state index in [1.54, 1.807) is 0 Å². The maximum atomic E-state index is 12.5. The summed E-state index contributed by atoms with van der Waals surface area (Å²) < 4.78 is 11.4. The van der Waals surface area contributed by atoms with Crippen molar-refractivity contribution >= 4 is 16.9 Å². The molecule has 1 aromatic carbocycles. The molecule has 28 heavy (non-hydrogen) atoms. The lowest BCUT2D eigenvalue weighted by atomic mass is 10.00. The minimum absolute atomic E-state index is 0.0348. The fourth-order valence-corrected chi connectivity index (χ4v) is 2.95. The third-order valence-electron chi connectivity index (χ3n) is 4.64.